The van der Waals surface area contributed by atoms with Crippen LogP contribution in [0, 0.1) is 17.8 Å². The van der Waals surface area contributed by atoms with Crippen molar-refractivity contribution >= 4 is 5.97 Å². The Morgan fingerprint density at radius 3 is 2.18 bits per heavy atom. The molecule has 0 heterocycles. The van der Waals surface area contributed by atoms with Crippen molar-refractivity contribution in [2.75, 3.05) is 7.11 Å². The van der Waals surface area contributed by atoms with Gasteiger partial charge in [0.1, 0.15) is 0 Å². The standard InChI is InChI=1S/C14H26O3/c1-10(2)14(16,13(15)17-4)11(3)12-8-6-5-7-9-12/h10-12,16H,5-9H2,1-4H3. The zero-order valence-electron chi connectivity index (χ0n) is 11.5. The first-order valence-electron chi connectivity index (χ1n) is 6.75. The molecule has 0 spiro atoms. The van der Waals surface area contributed by atoms with Crippen LogP contribution in [0.2, 0.25) is 0 Å². The highest BCUT2D eigenvalue weighted by Crippen LogP contribution is 2.39. The third-order valence-electron chi connectivity index (χ3n) is 4.44. The summed E-state index contributed by atoms with van der Waals surface area (Å²) in [5, 5.41) is 10.7. The highest BCUT2D eigenvalue weighted by molar-refractivity contribution is 5.80. The van der Waals surface area contributed by atoms with E-state index in [2.05, 4.69) is 0 Å². The van der Waals surface area contributed by atoms with Crippen molar-refractivity contribution in [3.05, 3.63) is 0 Å². The molecule has 0 aromatic rings. The minimum Gasteiger partial charge on any atom is -0.467 e. The summed E-state index contributed by atoms with van der Waals surface area (Å²) in [5.74, 6) is -0.192. The second kappa shape index (κ2) is 5.85. The molecular formula is C14H26O3. The van der Waals surface area contributed by atoms with Crippen LogP contribution in [-0.2, 0) is 9.53 Å². The van der Waals surface area contributed by atoms with Crippen LogP contribution >= 0.6 is 0 Å². The molecule has 17 heavy (non-hydrogen) atoms. The van der Waals surface area contributed by atoms with Crippen molar-refractivity contribution in [1.29, 1.82) is 0 Å². The Labute approximate surface area is 105 Å². The van der Waals surface area contributed by atoms with Crippen molar-refractivity contribution < 1.29 is 14.6 Å². The summed E-state index contributed by atoms with van der Waals surface area (Å²) < 4.78 is 4.80. The topological polar surface area (TPSA) is 46.5 Å². The van der Waals surface area contributed by atoms with E-state index in [0.29, 0.717) is 5.92 Å². The molecule has 1 fully saturated rings. The van der Waals surface area contributed by atoms with Gasteiger partial charge in [-0.1, -0.05) is 52.9 Å². The van der Waals surface area contributed by atoms with Gasteiger partial charge in [-0.3, -0.25) is 0 Å². The minimum absolute atomic E-state index is 0.0322. The summed E-state index contributed by atoms with van der Waals surface area (Å²) in [6.45, 7) is 5.76. The number of carbonyl (C=O) groups excluding carboxylic acids is 1. The largest absolute Gasteiger partial charge is 0.467 e. The van der Waals surface area contributed by atoms with Gasteiger partial charge in [-0.05, 0) is 17.8 Å². The number of methoxy groups -OCH3 is 1. The van der Waals surface area contributed by atoms with Crippen molar-refractivity contribution in [2.45, 2.75) is 58.5 Å². The molecule has 3 nitrogen and oxygen atoms in total. The fourth-order valence-corrected chi connectivity index (χ4v) is 3.10. The van der Waals surface area contributed by atoms with Gasteiger partial charge in [0.2, 0.25) is 0 Å². The maximum absolute atomic E-state index is 11.9. The molecule has 3 heteroatoms. The lowest BCUT2D eigenvalue weighted by Crippen LogP contribution is -2.52. The van der Waals surface area contributed by atoms with Crippen LogP contribution < -0.4 is 0 Å². The van der Waals surface area contributed by atoms with Crippen LogP contribution in [0.4, 0.5) is 0 Å². The lowest BCUT2D eigenvalue weighted by atomic mass is 9.69. The van der Waals surface area contributed by atoms with E-state index in [1.807, 2.05) is 20.8 Å². The Bertz CT molecular complexity index is 256. The molecule has 1 aliphatic rings. The number of hydrogen-bond acceptors (Lipinski definition) is 3. The fraction of sp³-hybridized carbons (Fsp3) is 0.929. The van der Waals surface area contributed by atoms with Gasteiger partial charge in [0.05, 0.1) is 7.11 Å². The van der Waals surface area contributed by atoms with Crippen LogP contribution in [0.25, 0.3) is 0 Å². The maximum Gasteiger partial charge on any atom is 0.338 e. The molecule has 0 aromatic heterocycles. The number of carbonyl (C=O) groups is 1. The summed E-state index contributed by atoms with van der Waals surface area (Å²) in [6, 6.07) is 0. The summed E-state index contributed by atoms with van der Waals surface area (Å²) in [4.78, 5) is 11.9. The molecular weight excluding hydrogens is 216 g/mol. The van der Waals surface area contributed by atoms with Gasteiger partial charge in [0.25, 0.3) is 0 Å². The lowest BCUT2D eigenvalue weighted by Gasteiger charge is -2.40. The van der Waals surface area contributed by atoms with E-state index in [9.17, 15) is 9.90 Å². The molecule has 1 aliphatic carbocycles. The summed E-state index contributed by atoms with van der Waals surface area (Å²) in [7, 11) is 1.35. The number of hydrogen-bond donors (Lipinski definition) is 1. The van der Waals surface area contributed by atoms with Gasteiger partial charge in [-0.25, -0.2) is 4.79 Å². The molecule has 0 aromatic carbocycles. The number of esters is 1. The van der Waals surface area contributed by atoms with E-state index >= 15 is 0 Å². The van der Waals surface area contributed by atoms with Crippen molar-refractivity contribution in [3.8, 4) is 0 Å². The first-order valence-corrected chi connectivity index (χ1v) is 6.75. The average molecular weight is 242 g/mol. The van der Waals surface area contributed by atoms with Gasteiger partial charge in [0.15, 0.2) is 5.60 Å². The monoisotopic (exact) mass is 242 g/mol. The van der Waals surface area contributed by atoms with E-state index in [0.717, 1.165) is 12.8 Å². The third kappa shape index (κ3) is 2.82. The smallest absolute Gasteiger partial charge is 0.338 e. The van der Waals surface area contributed by atoms with Crippen LogP contribution in [0.3, 0.4) is 0 Å². The second-order valence-electron chi connectivity index (χ2n) is 5.66. The molecule has 2 unspecified atom stereocenters. The van der Waals surface area contributed by atoms with E-state index < -0.39 is 11.6 Å². The molecule has 1 rings (SSSR count). The second-order valence-corrected chi connectivity index (χ2v) is 5.66. The van der Waals surface area contributed by atoms with Gasteiger partial charge < -0.3 is 9.84 Å². The Balaban J connectivity index is 2.85. The Hall–Kier alpha value is -0.570. The molecule has 0 amide bonds. The van der Waals surface area contributed by atoms with Gasteiger partial charge in [-0.15, -0.1) is 0 Å². The lowest BCUT2D eigenvalue weighted by molar-refractivity contribution is -0.178. The van der Waals surface area contributed by atoms with E-state index in [4.69, 9.17) is 4.74 Å². The molecule has 0 radical (unpaired) electrons. The summed E-state index contributed by atoms with van der Waals surface area (Å²) >= 11 is 0. The van der Waals surface area contributed by atoms with Crippen molar-refractivity contribution in [1.82, 2.24) is 0 Å². The fourth-order valence-electron chi connectivity index (χ4n) is 3.10. The molecule has 100 valence electrons. The third-order valence-corrected chi connectivity index (χ3v) is 4.44. The average Bonchev–Trinajstić information content (AvgIpc) is 2.36. The van der Waals surface area contributed by atoms with Crippen LogP contribution in [0.1, 0.15) is 52.9 Å². The number of ether oxygens (including phenoxy) is 1. The first-order chi connectivity index (χ1) is 7.94. The predicted molar refractivity (Wildman–Crippen MR) is 67.5 cm³/mol. The summed E-state index contributed by atoms with van der Waals surface area (Å²) in [5.41, 5.74) is -1.34. The molecule has 1 N–H and O–H groups in total. The molecule has 0 saturated heterocycles. The van der Waals surface area contributed by atoms with Crippen LogP contribution in [-0.4, -0.2) is 23.8 Å². The Morgan fingerprint density at radius 1 is 1.24 bits per heavy atom. The van der Waals surface area contributed by atoms with Gasteiger partial charge in [-0.2, -0.15) is 0 Å². The molecule has 0 aliphatic heterocycles. The van der Waals surface area contributed by atoms with Crippen molar-refractivity contribution in [3.63, 3.8) is 0 Å². The van der Waals surface area contributed by atoms with E-state index in [1.165, 1.54) is 26.4 Å². The maximum atomic E-state index is 11.9. The number of rotatable bonds is 4. The van der Waals surface area contributed by atoms with E-state index in [1.54, 1.807) is 0 Å². The zero-order valence-corrected chi connectivity index (χ0v) is 11.5. The van der Waals surface area contributed by atoms with Gasteiger partial charge in [0, 0.05) is 0 Å². The minimum atomic E-state index is -1.34. The number of aliphatic hydroxyl groups is 1. The molecule has 1 saturated carbocycles. The van der Waals surface area contributed by atoms with E-state index in [-0.39, 0.29) is 11.8 Å². The van der Waals surface area contributed by atoms with Crippen LogP contribution in [0.15, 0.2) is 0 Å². The summed E-state index contributed by atoms with van der Waals surface area (Å²) in [6.07, 6.45) is 5.94. The highest BCUT2D eigenvalue weighted by Gasteiger charge is 2.48. The van der Waals surface area contributed by atoms with Crippen LogP contribution in [0.5, 0.6) is 0 Å². The van der Waals surface area contributed by atoms with Crippen molar-refractivity contribution in [2.24, 2.45) is 17.8 Å². The Morgan fingerprint density at radius 2 is 1.76 bits per heavy atom. The van der Waals surface area contributed by atoms with Gasteiger partial charge >= 0.3 is 5.97 Å². The zero-order chi connectivity index (χ0) is 13.1. The normalized spacial score (nSPS) is 23.2. The highest BCUT2D eigenvalue weighted by atomic mass is 16.5. The SMILES string of the molecule is COC(=O)C(O)(C(C)C)C(C)C1CCCCC1. The predicted octanol–water partition coefficient (Wildman–Crippen LogP) is 2.76. The molecule has 2 atom stereocenters. The quantitative estimate of drug-likeness (QED) is 0.771. The Kier molecular flexibility index (Phi) is 4.99. The molecule has 0 bridgehead atoms. The first kappa shape index (κ1) is 14.5.